The number of carbonyl (C=O) groups is 3. The monoisotopic (exact) mass is 396 g/mol. The predicted molar refractivity (Wildman–Crippen MR) is 104 cm³/mol. The van der Waals surface area contributed by atoms with Crippen LogP contribution in [-0.4, -0.2) is 31.2 Å². The van der Waals surface area contributed by atoms with Gasteiger partial charge in [-0.3, -0.25) is 10.1 Å². The molecule has 3 rings (SSSR count). The summed E-state index contributed by atoms with van der Waals surface area (Å²) in [5.74, 6) is -0.255. The largest absolute Gasteiger partial charge is 0.454 e. The number of ether oxygens (including phenoxy) is 3. The van der Waals surface area contributed by atoms with Gasteiger partial charge in [0.15, 0.2) is 11.5 Å². The fraction of sp³-hybridized carbons (Fsp3) is 0.190. The number of esters is 1. The lowest BCUT2D eigenvalue weighted by Crippen LogP contribution is -2.42. The van der Waals surface area contributed by atoms with E-state index < -0.39 is 24.0 Å². The highest BCUT2D eigenvalue weighted by Crippen LogP contribution is 2.32. The molecule has 8 heteroatoms. The molecular formula is C21H20N2O6. The molecular weight excluding hydrogens is 376 g/mol. The van der Waals surface area contributed by atoms with Crippen molar-refractivity contribution in [2.45, 2.75) is 13.0 Å². The van der Waals surface area contributed by atoms with Crippen molar-refractivity contribution >= 4 is 24.0 Å². The van der Waals surface area contributed by atoms with Crippen LogP contribution in [0.1, 0.15) is 24.2 Å². The number of hydrogen-bond acceptors (Lipinski definition) is 6. The molecule has 0 unspecified atom stereocenters. The van der Waals surface area contributed by atoms with Crippen LogP contribution in [0.3, 0.4) is 0 Å². The number of imide groups is 1. The van der Waals surface area contributed by atoms with Gasteiger partial charge in [-0.15, -0.1) is 0 Å². The van der Waals surface area contributed by atoms with E-state index in [2.05, 4.69) is 10.6 Å². The molecule has 2 N–H and O–H groups in total. The molecule has 1 atom stereocenters. The number of urea groups is 1. The van der Waals surface area contributed by atoms with Gasteiger partial charge in [0.05, 0.1) is 0 Å². The molecule has 3 amide bonds. The number of benzene rings is 2. The van der Waals surface area contributed by atoms with Crippen LogP contribution in [0.15, 0.2) is 54.6 Å². The van der Waals surface area contributed by atoms with Gasteiger partial charge in [-0.2, -0.15) is 0 Å². The number of rotatable bonds is 6. The summed E-state index contributed by atoms with van der Waals surface area (Å²) in [6, 6.07) is 13.0. The van der Waals surface area contributed by atoms with Crippen LogP contribution in [0.4, 0.5) is 4.79 Å². The van der Waals surface area contributed by atoms with E-state index >= 15 is 0 Å². The average Bonchev–Trinajstić information content (AvgIpc) is 3.19. The molecule has 0 fully saturated rings. The van der Waals surface area contributed by atoms with Gasteiger partial charge in [0.25, 0.3) is 5.91 Å². The van der Waals surface area contributed by atoms with E-state index in [9.17, 15) is 14.4 Å². The fourth-order valence-corrected chi connectivity index (χ4v) is 2.62. The molecule has 1 heterocycles. The predicted octanol–water partition coefficient (Wildman–Crippen LogP) is 2.56. The van der Waals surface area contributed by atoms with Gasteiger partial charge in [-0.05, 0) is 30.7 Å². The standard InChI is InChI=1S/C21H20N2O6/c1-2-22-21(26)23-20(25)19(15-6-4-3-5-7-15)29-18(24)11-9-14-8-10-16-17(12-14)28-13-27-16/h3-12,19H,2,13H2,1H3,(H2,22,23,25,26)/b11-9+/t19-/m0/s1. The summed E-state index contributed by atoms with van der Waals surface area (Å²) in [4.78, 5) is 36.4. The summed E-state index contributed by atoms with van der Waals surface area (Å²) in [7, 11) is 0. The minimum absolute atomic E-state index is 0.157. The molecule has 150 valence electrons. The summed E-state index contributed by atoms with van der Waals surface area (Å²) >= 11 is 0. The summed E-state index contributed by atoms with van der Waals surface area (Å²) in [5.41, 5.74) is 1.15. The molecule has 2 aromatic rings. The lowest BCUT2D eigenvalue weighted by Gasteiger charge is -2.16. The highest BCUT2D eigenvalue weighted by Gasteiger charge is 2.25. The lowest BCUT2D eigenvalue weighted by molar-refractivity contribution is -0.151. The van der Waals surface area contributed by atoms with Gasteiger partial charge in [-0.25, -0.2) is 9.59 Å². The number of nitrogens with one attached hydrogen (secondary N) is 2. The third-order valence-electron chi connectivity index (χ3n) is 3.96. The van der Waals surface area contributed by atoms with Gasteiger partial charge in [0.1, 0.15) is 0 Å². The molecule has 1 aliphatic heterocycles. The van der Waals surface area contributed by atoms with Crippen LogP contribution in [0.25, 0.3) is 6.08 Å². The fourth-order valence-electron chi connectivity index (χ4n) is 2.62. The van der Waals surface area contributed by atoms with E-state index in [1.54, 1.807) is 55.5 Å². The first-order chi connectivity index (χ1) is 14.1. The van der Waals surface area contributed by atoms with E-state index in [0.29, 0.717) is 29.2 Å². The van der Waals surface area contributed by atoms with Crippen molar-refractivity contribution in [2.75, 3.05) is 13.3 Å². The van der Waals surface area contributed by atoms with Crippen LogP contribution in [0.2, 0.25) is 0 Å². The first-order valence-corrected chi connectivity index (χ1v) is 8.99. The van der Waals surface area contributed by atoms with Crippen LogP contribution in [0.5, 0.6) is 11.5 Å². The molecule has 8 nitrogen and oxygen atoms in total. The van der Waals surface area contributed by atoms with Crippen LogP contribution in [-0.2, 0) is 14.3 Å². The maximum Gasteiger partial charge on any atom is 0.331 e. The quantitative estimate of drug-likeness (QED) is 0.575. The van der Waals surface area contributed by atoms with E-state index in [1.165, 1.54) is 12.2 Å². The van der Waals surface area contributed by atoms with E-state index in [-0.39, 0.29) is 6.79 Å². The molecule has 0 spiro atoms. The lowest BCUT2D eigenvalue weighted by atomic mass is 10.1. The summed E-state index contributed by atoms with van der Waals surface area (Å²) < 4.78 is 15.9. The second-order valence-electron chi connectivity index (χ2n) is 6.02. The highest BCUT2D eigenvalue weighted by atomic mass is 16.7. The summed E-state index contributed by atoms with van der Waals surface area (Å²) in [6.07, 6.45) is 1.47. The van der Waals surface area contributed by atoms with Gasteiger partial charge >= 0.3 is 12.0 Å². The van der Waals surface area contributed by atoms with Gasteiger partial charge in [0.2, 0.25) is 12.9 Å². The Hall–Kier alpha value is -3.81. The maximum absolute atomic E-state index is 12.5. The molecule has 0 saturated heterocycles. The van der Waals surface area contributed by atoms with Crippen LogP contribution in [0, 0.1) is 0 Å². The van der Waals surface area contributed by atoms with Gasteiger partial charge < -0.3 is 19.5 Å². The van der Waals surface area contributed by atoms with Crippen molar-refractivity contribution in [3.05, 3.63) is 65.7 Å². The zero-order valence-electron chi connectivity index (χ0n) is 15.7. The smallest absolute Gasteiger partial charge is 0.331 e. The normalized spacial score (nSPS) is 13.0. The number of fused-ring (bicyclic) bond motifs is 1. The molecule has 0 radical (unpaired) electrons. The number of hydrogen-bond donors (Lipinski definition) is 2. The zero-order valence-corrected chi connectivity index (χ0v) is 15.7. The Kier molecular flexibility index (Phi) is 6.47. The molecule has 1 aliphatic rings. The molecule has 29 heavy (non-hydrogen) atoms. The minimum atomic E-state index is -1.27. The van der Waals surface area contributed by atoms with Gasteiger partial charge in [0, 0.05) is 18.2 Å². The third-order valence-corrected chi connectivity index (χ3v) is 3.96. The van der Waals surface area contributed by atoms with E-state index in [1.807, 2.05) is 0 Å². The first-order valence-electron chi connectivity index (χ1n) is 8.99. The molecule has 0 bridgehead atoms. The summed E-state index contributed by atoms with van der Waals surface area (Å²) in [6.45, 7) is 2.23. The maximum atomic E-state index is 12.5. The van der Waals surface area contributed by atoms with E-state index in [4.69, 9.17) is 14.2 Å². The molecule has 0 aliphatic carbocycles. The Morgan fingerprint density at radius 3 is 2.62 bits per heavy atom. The average molecular weight is 396 g/mol. The molecule has 2 aromatic carbocycles. The van der Waals surface area contributed by atoms with Crippen molar-refractivity contribution in [3.8, 4) is 11.5 Å². The number of carbonyl (C=O) groups excluding carboxylic acids is 3. The molecule has 0 saturated carbocycles. The van der Waals surface area contributed by atoms with Crippen molar-refractivity contribution in [1.29, 1.82) is 0 Å². The van der Waals surface area contributed by atoms with Crippen LogP contribution < -0.4 is 20.1 Å². The van der Waals surface area contributed by atoms with Crippen LogP contribution >= 0.6 is 0 Å². The zero-order chi connectivity index (χ0) is 20.6. The second kappa shape index (κ2) is 9.41. The van der Waals surface area contributed by atoms with Gasteiger partial charge in [-0.1, -0.05) is 36.4 Å². The third kappa shape index (κ3) is 5.35. The Morgan fingerprint density at radius 1 is 1.10 bits per heavy atom. The van der Waals surface area contributed by atoms with Crippen molar-refractivity contribution < 1.29 is 28.6 Å². The van der Waals surface area contributed by atoms with E-state index in [0.717, 1.165) is 0 Å². The molecule has 0 aromatic heterocycles. The Balaban J connectivity index is 1.70. The topological polar surface area (TPSA) is 103 Å². The summed E-state index contributed by atoms with van der Waals surface area (Å²) in [5, 5.41) is 4.62. The van der Waals surface area contributed by atoms with Crippen molar-refractivity contribution in [1.82, 2.24) is 10.6 Å². The Morgan fingerprint density at radius 2 is 1.86 bits per heavy atom. The van der Waals surface area contributed by atoms with Crippen molar-refractivity contribution in [2.24, 2.45) is 0 Å². The second-order valence-corrected chi connectivity index (χ2v) is 6.02. The Labute approximate surface area is 167 Å². The highest BCUT2D eigenvalue weighted by molar-refractivity contribution is 5.98. The Bertz CT molecular complexity index is 926. The SMILES string of the molecule is CCNC(=O)NC(=O)[C@@H](OC(=O)/C=C/c1ccc2c(c1)OCO2)c1ccccc1. The first kappa shape index (κ1) is 19.9. The van der Waals surface area contributed by atoms with Crippen molar-refractivity contribution in [3.63, 3.8) is 0 Å². The number of amides is 3. The minimum Gasteiger partial charge on any atom is -0.454 e.